The van der Waals surface area contributed by atoms with Crippen molar-refractivity contribution in [3.63, 3.8) is 0 Å². The molecular formula is C19H27FN2O2. The topological polar surface area (TPSA) is 41.6 Å². The van der Waals surface area contributed by atoms with E-state index in [1.165, 1.54) is 12.1 Å². The lowest BCUT2D eigenvalue weighted by molar-refractivity contribution is -0.125. The van der Waals surface area contributed by atoms with E-state index in [4.69, 9.17) is 4.74 Å². The first kappa shape index (κ1) is 17.4. The highest BCUT2D eigenvalue weighted by Crippen LogP contribution is 2.33. The number of carbonyl (C=O) groups excluding carboxylic acids is 1. The van der Waals surface area contributed by atoms with Gasteiger partial charge in [-0.25, -0.2) is 4.39 Å². The number of piperidine rings is 1. The summed E-state index contributed by atoms with van der Waals surface area (Å²) in [6.45, 7) is 3.36. The molecule has 24 heavy (non-hydrogen) atoms. The first-order valence-electron chi connectivity index (χ1n) is 8.91. The van der Waals surface area contributed by atoms with Crippen LogP contribution in [0.3, 0.4) is 0 Å². The minimum atomic E-state index is -0.422. The zero-order chi connectivity index (χ0) is 17.0. The summed E-state index contributed by atoms with van der Waals surface area (Å²) >= 11 is 0. The summed E-state index contributed by atoms with van der Waals surface area (Å²) in [5.41, 5.74) is 0.554. The minimum Gasteiger partial charge on any atom is -0.381 e. The number of hydrogen-bond acceptors (Lipinski definition) is 3. The Labute approximate surface area is 143 Å². The van der Waals surface area contributed by atoms with Gasteiger partial charge in [0.25, 0.3) is 0 Å². The van der Waals surface area contributed by atoms with Gasteiger partial charge in [-0.3, -0.25) is 4.79 Å². The van der Waals surface area contributed by atoms with Gasteiger partial charge < -0.3 is 15.0 Å². The molecule has 5 heteroatoms. The van der Waals surface area contributed by atoms with Gasteiger partial charge in [0.1, 0.15) is 5.82 Å². The molecule has 2 saturated heterocycles. The lowest BCUT2D eigenvalue weighted by Gasteiger charge is -2.39. The van der Waals surface area contributed by atoms with Crippen molar-refractivity contribution < 1.29 is 13.9 Å². The second-order valence-electron chi connectivity index (χ2n) is 7.20. The van der Waals surface area contributed by atoms with Gasteiger partial charge in [-0.1, -0.05) is 12.1 Å². The summed E-state index contributed by atoms with van der Waals surface area (Å²) < 4.78 is 18.7. The maximum Gasteiger partial charge on any atom is 0.220 e. The smallest absolute Gasteiger partial charge is 0.220 e. The SMILES string of the molecule is CN1CCC(CC(=O)NC2(c3ccc(F)cc3)CCOCC2)CC1. The summed E-state index contributed by atoms with van der Waals surface area (Å²) in [7, 11) is 2.13. The number of ether oxygens (including phenoxy) is 1. The highest BCUT2D eigenvalue weighted by Gasteiger charge is 2.36. The number of nitrogens with zero attached hydrogens (tertiary/aromatic N) is 1. The average Bonchev–Trinajstić information content (AvgIpc) is 2.58. The van der Waals surface area contributed by atoms with Crippen molar-refractivity contribution in [2.45, 2.75) is 37.6 Å². The van der Waals surface area contributed by atoms with Crippen molar-refractivity contribution in [3.05, 3.63) is 35.6 Å². The molecule has 1 aromatic carbocycles. The quantitative estimate of drug-likeness (QED) is 0.920. The predicted octanol–water partition coefficient (Wildman–Crippen LogP) is 2.68. The number of nitrogens with one attached hydrogen (secondary N) is 1. The number of hydrogen-bond donors (Lipinski definition) is 1. The molecule has 3 rings (SSSR count). The average molecular weight is 334 g/mol. The largest absolute Gasteiger partial charge is 0.381 e. The van der Waals surface area contributed by atoms with Crippen LogP contribution in [0.2, 0.25) is 0 Å². The molecule has 0 radical (unpaired) electrons. The number of likely N-dealkylation sites (tertiary alicyclic amines) is 1. The van der Waals surface area contributed by atoms with Crippen LogP contribution in [-0.2, 0) is 15.1 Å². The lowest BCUT2D eigenvalue weighted by Crippen LogP contribution is -2.50. The Morgan fingerprint density at radius 2 is 1.88 bits per heavy atom. The molecule has 1 amide bonds. The molecule has 1 aromatic rings. The van der Waals surface area contributed by atoms with Crippen molar-refractivity contribution in [1.82, 2.24) is 10.2 Å². The van der Waals surface area contributed by atoms with Crippen molar-refractivity contribution in [2.24, 2.45) is 5.92 Å². The van der Waals surface area contributed by atoms with Crippen LogP contribution < -0.4 is 5.32 Å². The minimum absolute atomic E-state index is 0.107. The van der Waals surface area contributed by atoms with E-state index in [2.05, 4.69) is 17.3 Å². The maximum atomic E-state index is 13.3. The zero-order valence-corrected chi connectivity index (χ0v) is 14.4. The van der Waals surface area contributed by atoms with E-state index in [9.17, 15) is 9.18 Å². The first-order chi connectivity index (χ1) is 11.6. The fraction of sp³-hybridized carbons (Fsp3) is 0.632. The molecule has 1 N–H and O–H groups in total. The number of amides is 1. The van der Waals surface area contributed by atoms with Gasteiger partial charge in [-0.05, 0) is 69.4 Å². The summed E-state index contributed by atoms with van der Waals surface area (Å²) in [5.74, 6) is 0.320. The van der Waals surface area contributed by atoms with E-state index in [0.717, 1.165) is 44.3 Å². The summed E-state index contributed by atoms with van der Waals surface area (Å²) in [5, 5.41) is 3.27. The molecule has 2 aliphatic heterocycles. The van der Waals surface area contributed by atoms with E-state index in [1.54, 1.807) is 12.1 Å². The van der Waals surface area contributed by atoms with Crippen LogP contribution in [0.15, 0.2) is 24.3 Å². The van der Waals surface area contributed by atoms with Gasteiger partial charge >= 0.3 is 0 Å². The van der Waals surface area contributed by atoms with Crippen LogP contribution in [0.1, 0.15) is 37.7 Å². The van der Waals surface area contributed by atoms with Gasteiger partial charge in [-0.15, -0.1) is 0 Å². The van der Waals surface area contributed by atoms with E-state index < -0.39 is 5.54 Å². The van der Waals surface area contributed by atoms with E-state index >= 15 is 0 Å². The van der Waals surface area contributed by atoms with E-state index in [1.807, 2.05) is 0 Å². The molecule has 2 fully saturated rings. The van der Waals surface area contributed by atoms with E-state index in [0.29, 0.717) is 25.6 Å². The number of halogens is 1. The van der Waals surface area contributed by atoms with Gasteiger partial charge in [0.2, 0.25) is 5.91 Å². The Balaban J connectivity index is 1.67. The van der Waals surface area contributed by atoms with Gasteiger partial charge in [0, 0.05) is 19.6 Å². The van der Waals surface area contributed by atoms with Gasteiger partial charge in [0.05, 0.1) is 5.54 Å². The van der Waals surface area contributed by atoms with Gasteiger partial charge in [0.15, 0.2) is 0 Å². The van der Waals surface area contributed by atoms with Crippen molar-refractivity contribution >= 4 is 5.91 Å². The molecule has 0 atom stereocenters. The van der Waals surface area contributed by atoms with Crippen LogP contribution in [0.25, 0.3) is 0 Å². The molecule has 0 aliphatic carbocycles. The zero-order valence-electron chi connectivity index (χ0n) is 14.4. The third-order valence-electron chi connectivity index (χ3n) is 5.43. The maximum absolute atomic E-state index is 13.3. The normalized spacial score (nSPS) is 22.2. The monoisotopic (exact) mass is 334 g/mol. The molecule has 4 nitrogen and oxygen atoms in total. The van der Waals surface area contributed by atoms with Crippen molar-refractivity contribution in [1.29, 1.82) is 0 Å². The van der Waals surface area contributed by atoms with E-state index in [-0.39, 0.29) is 11.7 Å². The lowest BCUT2D eigenvalue weighted by atomic mass is 9.82. The molecule has 0 aromatic heterocycles. The highest BCUT2D eigenvalue weighted by molar-refractivity contribution is 5.77. The second kappa shape index (κ2) is 7.62. The standard InChI is InChI=1S/C19H27FN2O2/c1-22-10-6-15(7-11-22)14-18(23)21-19(8-12-24-13-9-19)16-2-4-17(20)5-3-16/h2-5,15H,6-14H2,1H3,(H,21,23). The molecule has 0 spiro atoms. The Morgan fingerprint density at radius 3 is 2.50 bits per heavy atom. The van der Waals surface area contributed by atoms with Crippen LogP contribution in [-0.4, -0.2) is 44.2 Å². The third kappa shape index (κ3) is 4.14. The molecule has 0 bridgehead atoms. The molecule has 0 saturated carbocycles. The molecular weight excluding hydrogens is 307 g/mol. The van der Waals surface area contributed by atoms with Crippen molar-refractivity contribution in [3.8, 4) is 0 Å². The highest BCUT2D eigenvalue weighted by atomic mass is 19.1. The molecule has 0 unspecified atom stereocenters. The van der Waals surface area contributed by atoms with Crippen LogP contribution in [0, 0.1) is 11.7 Å². The Kier molecular flexibility index (Phi) is 5.51. The second-order valence-corrected chi connectivity index (χ2v) is 7.20. The number of carbonyl (C=O) groups is 1. The fourth-order valence-corrected chi connectivity index (χ4v) is 3.82. The van der Waals surface area contributed by atoms with Gasteiger partial charge in [-0.2, -0.15) is 0 Å². The third-order valence-corrected chi connectivity index (χ3v) is 5.43. The summed E-state index contributed by atoms with van der Waals surface area (Å²) in [6.07, 6.45) is 4.21. The Bertz CT molecular complexity index is 547. The predicted molar refractivity (Wildman–Crippen MR) is 91.1 cm³/mol. The summed E-state index contributed by atoms with van der Waals surface area (Å²) in [4.78, 5) is 15.0. The summed E-state index contributed by atoms with van der Waals surface area (Å²) in [6, 6.07) is 6.51. The first-order valence-corrected chi connectivity index (χ1v) is 8.91. The number of benzene rings is 1. The Morgan fingerprint density at radius 1 is 1.25 bits per heavy atom. The van der Waals surface area contributed by atoms with Crippen LogP contribution >= 0.6 is 0 Å². The van der Waals surface area contributed by atoms with Crippen LogP contribution in [0.5, 0.6) is 0 Å². The van der Waals surface area contributed by atoms with Crippen molar-refractivity contribution in [2.75, 3.05) is 33.4 Å². The molecule has 2 heterocycles. The fourth-order valence-electron chi connectivity index (χ4n) is 3.82. The number of rotatable bonds is 4. The van der Waals surface area contributed by atoms with Crippen LogP contribution in [0.4, 0.5) is 4.39 Å². The molecule has 2 aliphatic rings. The Hall–Kier alpha value is -1.46. The molecule has 132 valence electrons.